The maximum Gasteiger partial charge on any atom is 0.337 e. The quantitative estimate of drug-likeness (QED) is 0.380. The first kappa shape index (κ1) is 27.6. The van der Waals surface area contributed by atoms with Gasteiger partial charge in [0.15, 0.2) is 5.78 Å². The summed E-state index contributed by atoms with van der Waals surface area (Å²) in [5.41, 5.74) is 4.26. The molecule has 210 valence electrons. The Hall–Kier alpha value is -4.92. The Morgan fingerprint density at radius 2 is 1.59 bits per heavy atom. The molecule has 1 heterocycles. The summed E-state index contributed by atoms with van der Waals surface area (Å²) >= 11 is 0. The van der Waals surface area contributed by atoms with Gasteiger partial charge in [-0.2, -0.15) is 0 Å². The van der Waals surface area contributed by atoms with Crippen molar-refractivity contribution < 1.29 is 33.8 Å². The number of fused-ring (bicyclic) bond motifs is 1. The molecule has 0 bridgehead atoms. The number of methoxy groups -OCH3 is 2. The van der Waals surface area contributed by atoms with Crippen LogP contribution < -0.4 is 15.0 Å². The zero-order chi connectivity index (χ0) is 29.1. The molecule has 3 aromatic rings. The number of ether oxygens (including phenoxy) is 2. The number of aliphatic carboxylic acids is 1. The number of para-hydroxylation sites is 2. The van der Waals surface area contributed by atoms with Crippen molar-refractivity contribution in [3.8, 4) is 5.75 Å². The first-order chi connectivity index (χ1) is 19.8. The number of nitrogens with zero attached hydrogens (tertiary/aromatic N) is 1. The minimum atomic E-state index is -1.09. The molecule has 1 aliphatic carbocycles. The number of carboxylic acids is 1. The maximum absolute atomic E-state index is 14.0. The summed E-state index contributed by atoms with van der Waals surface area (Å²) in [6.07, 6.45) is 0.163. The number of ketones is 1. The van der Waals surface area contributed by atoms with Gasteiger partial charge in [-0.3, -0.25) is 19.3 Å². The van der Waals surface area contributed by atoms with E-state index in [9.17, 15) is 24.3 Å². The molecule has 2 aliphatic rings. The number of nitrogens with one attached hydrogen (secondary N) is 1. The molecule has 1 amide bonds. The Bertz CT molecular complexity index is 1530. The lowest BCUT2D eigenvalue weighted by Gasteiger charge is -2.35. The first-order valence-corrected chi connectivity index (χ1v) is 13.3. The molecule has 9 heteroatoms. The van der Waals surface area contributed by atoms with Crippen molar-refractivity contribution in [3.63, 3.8) is 0 Å². The van der Waals surface area contributed by atoms with Crippen LogP contribution in [-0.4, -0.2) is 43.0 Å². The van der Waals surface area contributed by atoms with Gasteiger partial charge in [-0.25, -0.2) is 4.79 Å². The third kappa shape index (κ3) is 5.56. The van der Waals surface area contributed by atoms with E-state index < -0.39 is 23.9 Å². The predicted octanol–water partition coefficient (Wildman–Crippen LogP) is 5.25. The second-order valence-electron chi connectivity index (χ2n) is 10.0. The second-order valence-corrected chi connectivity index (χ2v) is 10.0. The van der Waals surface area contributed by atoms with Gasteiger partial charge >= 0.3 is 11.9 Å². The minimum Gasteiger partial charge on any atom is -0.497 e. The van der Waals surface area contributed by atoms with E-state index in [4.69, 9.17) is 9.47 Å². The highest BCUT2D eigenvalue weighted by Gasteiger charge is 2.41. The lowest BCUT2D eigenvalue weighted by Crippen LogP contribution is -2.38. The maximum atomic E-state index is 14.0. The number of Topliss-reactive ketones (excluding diaryl/α,β-unsaturated/α-hetero) is 1. The van der Waals surface area contributed by atoms with Gasteiger partial charge in [0.05, 0.1) is 43.6 Å². The van der Waals surface area contributed by atoms with Crippen LogP contribution in [0.2, 0.25) is 0 Å². The van der Waals surface area contributed by atoms with E-state index in [-0.39, 0.29) is 31.0 Å². The van der Waals surface area contributed by atoms with Gasteiger partial charge in [0.2, 0.25) is 5.91 Å². The Morgan fingerprint density at radius 3 is 2.24 bits per heavy atom. The Morgan fingerprint density at radius 1 is 0.902 bits per heavy atom. The standard InChI is InChI=1S/C32H30N2O7/c1-40-23-13-11-19(12-14-23)22-17-25-30(27(35)18-22)31(20-7-9-21(10-8-20)32(39)41-2)34(28(36)15-16-29(37)38)26-6-4-3-5-24(26)33-25/h3-14,22,31,33H,15-18H2,1-2H3,(H,37,38)/t22-,31-/m0/s1. The van der Waals surface area contributed by atoms with E-state index in [1.165, 1.54) is 12.0 Å². The van der Waals surface area contributed by atoms with E-state index in [1.807, 2.05) is 36.4 Å². The van der Waals surface area contributed by atoms with Crippen molar-refractivity contribution >= 4 is 35.0 Å². The normalized spacial score (nSPS) is 18.0. The summed E-state index contributed by atoms with van der Waals surface area (Å²) in [5.74, 6) is -1.51. The number of carboxylic acid groups (broad SMARTS) is 1. The molecule has 0 unspecified atom stereocenters. The molecule has 0 saturated heterocycles. The van der Waals surface area contributed by atoms with Crippen LogP contribution in [0.1, 0.15) is 59.1 Å². The number of hydrogen-bond donors (Lipinski definition) is 2. The van der Waals surface area contributed by atoms with Crippen molar-refractivity contribution in [2.24, 2.45) is 0 Å². The van der Waals surface area contributed by atoms with E-state index in [0.717, 1.165) is 11.3 Å². The third-order valence-electron chi connectivity index (χ3n) is 7.54. The molecule has 2 atom stereocenters. The Balaban J connectivity index is 1.65. The van der Waals surface area contributed by atoms with Crippen LogP contribution in [0.15, 0.2) is 84.1 Å². The number of allylic oxidation sites excluding steroid dienone is 1. The van der Waals surface area contributed by atoms with E-state index >= 15 is 0 Å². The van der Waals surface area contributed by atoms with Gasteiger partial charge < -0.3 is 19.9 Å². The summed E-state index contributed by atoms with van der Waals surface area (Å²) in [4.78, 5) is 52.8. The van der Waals surface area contributed by atoms with Crippen molar-refractivity contribution in [1.82, 2.24) is 0 Å². The monoisotopic (exact) mass is 554 g/mol. The number of esters is 1. The van der Waals surface area contributed by atoms with Gasteiger partial charge in [0.1, 0.15) is 5.75 Å². The van der Waals surface area contributed by atoms with Gasteiger partial charge in [-0.1, -0.05) is 36.4 Å². The molecule has 0 spiro atoms. The van der Waals surface area contributed by atoms with Crippen molar-refractivity contribution in [3.05, 3.63) is 101 Å². The fourth-order valence-electron chi connectivity index (χ4n) is 5.55. The van der Waals surface area contributed by atoms with E-state index in [0.29, 0.717) is 40.2 Å². The molecule has 9 nitrogen and oxygen atoms in total. The van der Waals surface area contributed by atoms with Crippen molar-refractivity contribution in [1.29, 1.82) is 0 Å². The van der Waals surface area contributed by atoms with E-state index in [1.54, 1.807) is 43.5 Å². The molecule has 1 aliphatic heterocycles. The lowest BCUT2D eigenvalue weighted by atomic mass is 9.78. The molecule has 3 aromatic carbocycles. The second kappa shape index (κ2) is 11.7. The molecule has 0 aromatic heterocycles. The summed E-state index contributed by atoms with van der Waals surface area (Å²) in [6, 6.07) is 20.7. The van der Waals surface area contributed by atoms with Crippen LogP contribution >= 0.6 is 0 Å². The topological polar surface area (TPSA) is 122 Å². The van der Waals surface area contributed by atoms with E-state index in [2.05, 4.69) is 5.32 Å². The molecule has 0 fully saturated rings. The molecule has 0 saturated carbocycles. The highest BCUT2D eigenvalue weighted by Crippen LogP contribution is 2.47. The smallest absolute Gasteiger partial charge is 0.337 e. The van der Waals surface area contributed by atoms with Crippen molar-refractivity contribution in [2.75, 3.05) is 24.4 Å². The fraction of sp³-hybridized carbons (Fsp3) is 0.250. The molecule has 41 heavy (non-hydrogen) atoms. The number of anilines is 2. The fourth-order valence-corrected chi connectivity index (χ4v) is 5.55. The minimum absolute atomic E-state index is 0.0940. The SMILES string of the molecule is COC(=O)c1ccc([C@H]2C3=C(C[C@H](c4ccc(OC)cc4)CC3=O)Nc3ccccc3N2C(=O)CCC(=O)O)cc1. The Kier molecular flexibility index (Phi) is 7.87. The summed E-state index contributed by atoms with van der Waals surface area (Å²) < 4.78 is 10.1. The first-order valence-electron chi connectivity index (χ1n) is 13.3. The van der Waals surface area contributed by atoms with Gasteiger partial charge in [-0.05, 0) is 59.9 Å². The van der Waals surface area contributed by atoms with Crippen LogP contribution in [0.4, 0.5) is 11.4 Å². The summed E-state index contributed by atoms with van der Waals surface area (Å²) in [6.45, 7) is 0. The zero-order valence-corrected chi connectivity index (χ0v) is 22.8. The van der Waals surface area contributed by atoms with Crippen LogP contribution in [0.5, 0.6) is 5.75 Å². The highest BCUT2D eigenvalue weighted by atomic mass is 16.5. The van der Waals surface area contributed by atoms with Crippen LogP contribution in [0.25, 0.3) is 0 Å². The predicted molar refractivity (Wildman–Crippen MR) is 152 cm³/mol. The zero-order valence-electron chi connectivity index (χ0n) is 22.8. The van der Waals surface area contributed by atoms with Gasteiger partial charge in [0.25, 0.3) is 0 Å². The molecular weight excluding hydrogens is 524 g/mol. The van der Waals surface area contributed by atoms with Gasteiger partial charge in [-0.15, -0.1) is 0 Å². The number of carbonyl (C=O) groups excluding carboxylic acids is 3. The van der Waals surface area contributed by atoms with Crippen LogP contribution in [0.3, 0.4) is 0 Å². The Labute approximate surface area is 237 Å². The summed E-state index contributed by atoms with van der Waals surface area (Å²) in [5, 5.41) is 12.8. The average Bonchev–Trinajstić information content (AvgIpc) is 3.14. The van der Waals surface area contributed by atoms with Crippen LogP contribution in [-0.2, 0) is 19.1 Å². The molecule has 0 radical (unpaired) electrons. The third-order valence-corrected chi connectivity index (χ3v) is 7.54. The number of rotatable bonds is 7. The molecule has 5 rings (SSSR count). The highest BCUT2D eigenvalue weighted by molar-refractivity contribution is 6.06. The summed E-state index contributed by atoms with van der Waals surface area (Å²) in [7, 11) is 2.90. The number of amides is 1. The van der Waals surface area contributed by atoms with Gasteiger partial charge in [0, 0.05) is 24.1 Å². The van der Waals surface area contributed by atoms with Crippen LogP contribution in [0, 0.1) is 0 Å². The largest absolute Gasteiger partial charge is 0.497 e. The molecular formula is C32H30N2O7. The number of carbonyl (C=O) groups is 4. The average molecular weight is 555 g/mol. The van der Waals surface area contributed by atoms with Crippen molar-refractivity contribution in [2.45, 2.75) is 37.6 Å². The molecule has 2 N–H and O–H groups in total. The number of hydrogen-bond acceptors (Lipinski definition) is 7. The number of benzene rings is 3. The lowest BCUT2D eigenvalue weighted by molar-refractivity contribution is -0.138.